The van der Waals surface area contributed by atoms with Gasteiger partial charge in [-0.1, -0.05) is 29.3 Å². The second-order valence-corrected chi connectivity index (χ2v) is 16.9. The van der Waals surface area contributed by atoms with E-state index in [1.807, 2.05) is 0 Å². The molecule has 1 aromatic heterocycles. The fourth-order valence-electron chi connectivity index (χ4n) is 8.03. The minimum Gasteiger partial charge on any atom is -0.369 e. The van der Waals surface area contributed by atoms with Crippen LogP contribution in [0.4, 0.5) is 5.00 Å². The van der Waals surface area contributed by atoms with E-state index in [9.17, 15) is 13.2 Å². The molecule has 2 unspecified atom stereocenters. The summed E-state index contributed by atoms with van der Waals surface area (Å²) < 4.78 is 25.8. The highest BCUT2D eigenvalue weighted by Gasteiger charge is 2.48. The Morgan fingerprint density at radius 1 is 1.00 bits per heavy atom. The van der Waals surface area contributed by atoms with E-state index in [4.69, 9.17) is 0 Å². The monoisotopic (exact) mass is 612 g/mol. The molecule has 2 bridgehead atoms. The Balaban J connectivity index is 1.19. The molecule has 42 heavy (non-hydrogen) atoms. The van der Waals surface area contributed by atoms with E-state index in [0.717, 1.165) is 38.9 Å². The van der Waals surface area contributed by atoms with E-state index in [-0.39, 0.29) is 6.04 Å². The molecule has 6 rings (SSSR count). The minimum atomic E-state index is -3.14. The molecule has 3 fully saturated rings. The average Bonchev–Trinajstić information content (AvgIpc) is 3.70. The number of hydrogen-bond acceptors (Lipinski definition) is 6. The van der Waals surface area contributed by atoms with Crippen LogP contribution >= 0.6 is 11.3 Å². The summed E-state index contributed by atoms with van der Waals surface area (Å²) in [6.45, 7) is 12.2. The van der Waals surface area contributed by atoms with Crippen LogP contribution in [0.5, 0.6) is 0 Å². The van der Waals surface area contributed by atoms with E-state index in [2.05, 4.69) is 71.8 Å². The van der Waals surface area contributed by atoms with Crippen molar-refractivity contribution >= 4 is 32.3 Å². The van der Waals surface area contributed by atoms with Crippen LogP contribution in [0.2, 0.25) is 0 Å². The third-order valence-electron chi connectivity index (χ3n) is 10.4. The fraction of sp³-hybridized carbons (Fsp3) is 0.667. The first-order chi connectivity index (χ1) is 19.9. The standard InChI is InChI=1S/C33H48N4O3S2/c1-21-16-22(2)18-24(17-21)30-27(12-15-36-13-10-23(11-14-36)20-34-42(5,39)40)28-19-29(41-31(28)35-30)33(3,4)32(38)37-25-6-7-26(37)9-8-25/h16-19,23,25-27,30,34-35H,6-15,20H2,1-5H3. The first-order valence-corrected chi connectivity index (χ1v) is 18.6. The number of amides is 1. The second-order valence-electron chi connectivity index (χ2n) is 14.0. The van der Waals surface area contributed by atoms with E-state index >= 15 is 0 Å². The van der Waals surface area contributed by atoms with Crippen molar-refractivity contribution in [2.75, 3.05) is 37.8 Å². The summed E-state index contributed by atoms with van der Waals surface area (Å²) in [4.78, 5) is 19.9. The Morgan fingerprint density at radius 2 is 1.62 bits per heavy atom. The van der Waals surface area contributed by atoms with Gasteiger partial charge in [-0.3, -0.25) is 4.79 Å². The Morgan fingerprint density at radius 3 is 2.21 bits per heavy atom. The lowest BCUT2D eigenvalue weighted by molar-refractivity contribution is -0.137. The van der Waals surface area contributed by atoms with Gasteiger partial charge >= 0.3 is 0 Å². The zero-order chi connectivity index (χ0) is 29.8. The van der Waals surface area contributed by atoms with Crippen LogP contribution in [0.3, 0.4) is 0 Å². The maximum Gasteiger partial charge on any atom is 0.233 e. The SMILES string of the molecule is Cc1cc(C)cc(C2Nc3sc(C(C)(C)C(=O)N4C5CCC4CC5)cc3C2CCN2CCC(CNS(C)(=O)=O)CC2)c1. The van der Waals surface area contributed by atoms with Crippen LogP contribution in [0, 0.1) is 19.8 Å². The summed E-state index contributed by atoms with van der Waals surface area (Å²) >= 11 is 1.79. The molecule has 0 radical (unpaired) electrons. The summed E-state index contributed by atoms with van der Waals surface area (Å²) in [5, 5.41) is 5.15. The number of nitrogens with zero attached hydrogens (tertiary/aromatic N) is 2. The topological polar surface area (TPSA) is 81.8 Å². The number of nitrogens with one attached hydrogen (secondary N) is 2. The number of anilines is 1. The summed E-state index contributed by atoms with van der Waals surface area (Å²) in [6, 6.07) is 10.4. The van der Waals surface area contributed by atoms with Gasteiger partial charge in [0.25, 0.3) is 0 Å². The van der Waals surface area contributed by atoms with Crippen molar-refractivity contribution in [3.8, 4) is 0 Å². The molecular weight excluding hydrogens is 565 g/mol. The van der Waals surface area contributed by atoms with E-state index in [1.165, 1.54) is 64.1 Å². The molecular formula is C33H48N4O3S2. The zero-order valence-corrected chi connectivity index (χ0v) is 27.5. The number of hydrogen-bond donors (Lipinski definition) is 2. The molecule has 3 saturated heterocycles. The molecule has 1 aromatic carbocycles. The quantitative estimate of drug-likeness (QED) is 0.380. The number of aryl methyl sites for hydroxylation is 2. The molecule has 0 spiro atoms. The summed E-state index contributed by atoms with van der Waals surface area (Å²) in [6.07, 6.45) is 9.00. The first-order valence-electron chi connectivity index (χ1n) is 15.9. The molecule has 2 aromatic rings. The number of likely N-dealkylation sites (tertiary alicyclic amines) is 1. The van der Waals surface area contributed by atoms with Crippen molar-refractivity contribution < 1.29 is 13.2 Å². The highest BCUT2D eigenvalue weighted by molar-refractivity contribution is 7.88. The van der Waals surface area contributed by atoms with Crippen LogP contribution < -0.4 is 10.0 Å². The fourth-order valence-corrected chi connectivity index (χ4v) is 9.83. The van der Waals surface area contributed by atoms with Gasteiger partial charge < -0.3 is 15.1 Å². The van der Waals surface area contributed by atoms with Crippen molar-refractivity contribution in [1.82, 2.24) is 14.5 Å². The van der Waals surface area contributed by atoms with Gasteiger partial charge in [0.15, 0.2) is 0 Å². The van der Waals surface area contributed by atoms with Crippen LogP contribution in [0.25, 0.3) is 0 Å². The van der Waals surface area contributed by atoms with Crippen LogP contribution in [-0.4, -0.2) is 68.6 Å². The number of benzene rings is 1. The number of piperidine rings is 1. The van der Waals surface area contributed by atoms with Gasteiger partial charge in [0.2, 0.25) is 15.9 Å². The van der Waals surface area contributed by atoms with Gasteiger partial charge in [-0.15, -0.1) is 11.3 Å². The minimum absolute atomic E-state index is 0.226. The molecule has 5 heterocycles. The number of carbonyl (C=O) groups is 1. The van der Waals surface area contributed by atoms with Crippen molar-refractivity contribution in [1.29, 1.82) is 0 Å². The van der Waals surface area contributed by atoms with Crippen molar-refractivity contribution in [3.63, 3.8) is 0 Å². The number of carbonyl (C=O) groups excluding carboxylic acids is 1. The molecule has 4 aliphatic heterocycles. The van der Waals surface area contributed by atoms with Crippen LogP contribution in [0.15, 0.2) is 24.3 Å². The molecule has 230 valence electrons. The van der Waals surface area contributed by atoms with Gasteiger partial charge in [0.1, 0.15) is 0 Å². The Bertz CT molecular complexity index is 1390. The van der Waals surface area contributed by atoms with Gasteiger partial charge in [0.05, 0.1) is 22.7 Å². The molecule has 9 heteroatoms. The van der Waals surface area contributed by atoms with Crippen molar-refractivity contribution in [3.05, 3.63) is 51.4 Å². The lowest BCUT2D eigenvalue weighted by Crippen LogP contribution is -2.45. The number of thiophene rings is 1. The third-order valence-corrected chi connectivity index (χ3v) is 12.5. The predicted octanol–water partition coefficient (Wildman–Crippen LogP) is 5.70. The predicted molar refractivity (Wildman–Crippen MR) is 172 cm³/mol. The smallest absolute Gasteiger partial charge is 0.233 e. The zero-order valence-electron chi connectivity index (χ0n) is 25.9. The van der Waals surface area contributed by atoms with Gasteiger partial charge in [0, 0.05) is 29.4 Å². The van der Waals surface area contributed by atoms with Crippen molar-refractivity contribution in [2.45, 2.75) is 102 Å². The Hall–Kier alpha value is -1.94. The first kappa shape index (κ1) is 30.1. The number of rotatable bonds is 9. The largest absolute Gasteiger partial charge is 0.369 e. The average molecular weight is 613 g/mol. The van der Waals surface area contributed by atoms with Gasteiger partial charge in [-0.25, -0.2) is 13.1 Å². The summed E-state index contributed by atoms with van der Waals surface area (Å²) in [5.41, 5.74) is 4.77. The highest BCUT2D eigenvalue weighted by atomic mass is 32.2. The van der Waals surface area contributed by atoms with Crippen molar-refractivity contribution in [2.24, 2.45) is 5.92 Å². The Kier molecular flexibility index (Phi) is 8.26. The lowest BCUT2D eigenvalue weighted by atomic mass is 9.84. The Labute approximate surface area is 256 Å². The summed E-state index contributed by atoms with van der Waals surface area (Å²) in [5.74, 6) is 1.05. The van der Waals surface area contributed by atoms with Gasteiger partial charge in [-0.05, 0) is 115 Å². The molecule has 4 aliphatic rings. The third kappa shape index (κ3) is 6.04. The summed E-state index contributed by atoms with van der Waals surface area (Å²) in [7, 11) is -3.14. The van der Waals surface area contributed by atoms with Crippen LogP contribution in [-0.2, 0) is 20.2 Å². The van der Waals surface area contributed by atoms with E-state index in [0.29, 0.717) is 36.4 Å². The molecule has 0 aliphatic carbocycles. The second kappa shape index (κ2) is 11.5. The maximum atomic E-state index is 13.9. The van der Waals surface area contributed by atoms with Gasteiger partial charge in [-0.2, -0.15) is 0 Å². The maximum absolute atomic E-state index is 13.9. The van der Waals surface area contributed by atoms with Crippen LogP contribution in [0.1, 0.15) is 97.9 Å². The molecule has 1 amide bonds. The normalized spacial score (nSPS) is 26.5. The molecule has 2 N–H and O–H groups in total. The highest BCUT2D eigenvalue weighted by Crippen LogP contribution is 2.52. The number of sulfonamides is 1. The van der Waals surface area contributed by atoms with E-state index < -0.39 is 15.4 Å². The lowest BCUT2D eigenvalue weighted by Gasteiger charge is -2.33. The molecule has 2 atom stereocenters. The van der Waals surface area contributed by atoms with E-state index in [1.54, 1.807) is 11.3 Å². The number of fused-ring (bicyclic) bond motifs is 3. The molecule has 0 saturated carbocycles. The molecule has 7 nitrogen and oxygen atoms in total.